The molecule has 1 rings (SSSR count). The standard InChI is InChI=1S/C9H8ClFO2/c1-13-9(12)8-3-2-7(10)4-6(8)5-11/h2-4H,5H2,1H3. The Kier molecular flexibility index (Phi) is 3.25. The van der Waals surface area contributed by atoms with E-state index >= 15 is 0 Å². The lowest BCUT2D eigenvalue weighted by molar-refractivity contribution is 0.0598. The zero-order valence-electron chi connectivity index (χ0n) is 7.01. The molecular formula is C9H8ClFO2. The fourth-order valence-corrected chi connectivity index (χ4v) is 1.18. The summed E-state index contributed by atoms with van der Waals surface area (Å²) in [5.74, 6) is -0.552. The van der Waals surface area contributed by atoms with Crippen LogP contribution in [-0.4, -0.2) is 13.1 Å². The van der Waals surface area contributed by atoms with Crippen LogP contribution in [0, 0.1) is 0 Å². The zero-order valence-corrected chi connectivity index (χ0v) is 7.77. The maximum Gasteiger partial charge on any atom is 0.338 e. The van der Waals surface area contributed by atoms with Crippen molar-refractivity contribution in [2.75, 3.05) is 7.11 Å². The Bertz CT molecular complexity index is 325. The summed E-state index contributed by atoms with van der Waals surface area (Å²) in [5, 5.41) is 0.403. The SMILES string of the molecule is COC(=O)c1ccc(Cl)cc1CF. The number of hydrogen-bond donors (Lipinski definition) is 0. The van der Waals surface area contributed by atoms with Gasteiger partial charge in [0, 0.05) is 5.02 Å². The summed E-state index contributed by atoms with van der Waals surface area (Å²) in [6.07, 6.45) is 0. The third kappa shape index (κ3) is 2.18. The van der Waals surface area contributed by atoms with Crippen molar-refractivity contribution < 1.29 is 13.9 Å². The number of hydrogen-bond acceptors (Lipinski definition) is 2. The Hall–Kier alpha value is -1.09. The summed E-state index contributed by atoms with van der Waals surface area (Å²) in [6.45, 7) is -0.731. The fourth-order valence-electron chi connectivity index (χ4n) is 0.982. The van der Waals surface area contributed by atoms with Gasteiger partial charge >= 0.3 is 5.97 Å². The minimum atomic E-state index is -0.731. The molecule has 0 bridgehead atoms. The monoisotopic (exact) mass is 202 g/mol. The minimum absolute atomic E-state index is 0.217. The summed E-state index contributed by atoms with van der Waals surface area (Å²) >= 11 is 5.62. The first-order valence-electron chi connectivity index (χ1n) is 3.61. The molecule has 0 aliphatic heterocycles. The molecule has 0 saturated heterocycles. The van der Waals surface area contributed by atoms with E-state index in [0.29, 0.717) is 5.02 Å². The number of esters is 1. The van der Waals surface area contributed by atoms with Gasteiger partial charge in [-0.3, -0.25) is 0 Å². The van der Waals surface area contributed by atoms with Gasteiger partial charge in [-0.05, 0) is 23.8 Å². The number of rotatable bonds is 2. The molecule has 0 heterocycles. The second-order valence-corrected chi connectivity index (χ2v) is 2.86. The predicted octanol–water partition coefficient (Wildman–Crippen LogP) is 2.60. The molecule has 0 fully saturated rings. The van der Waals surface area contributed by atoms with Crippen LogP contribution in [0.25, 0.3) is 0 Å². The average Bonchev–Trinajstić information content (AvgIpc) is 2.16. The van der Waals surface area contributed by atoms with E-state index in [-0.39, 0.29) is 11.1 Å². The molecule has 2 nitrogen and oxygen atoms in total. The highest BCUT2D eigenvalue weighted by molar-refractivity contribution is 6.30. The van der Waals surface area contributed by atoms with Gasteiger partial charge in [-0.2, -0.15) is 0 Å². The van der Waals surface area contributed by atoms with Crippen LogP contribution >= 0.6 is 11.6 Å². The maximum atomic E-state index is 12.4. The first-order valence-corrected chi connectivity index (χ1v) is 3.99. The van der Waals surface area contributed by atoms with Gasteiger partial charge in [0.1, 0.15) is 6.67 Å². The second-order valence-electron chi connectivity index (χ2n) is 2.43. The van der Waals surface area contributed by atoms with E-state index < -0.39 is 12.6 Å². The van der Waals surface area contributed by atoms with Crippen LogP contribution in [0.3, 0.4) is 0 Å². The smallest absolute Gasteiger partial charge is 0.338 e. The number of carbonyl (C=O) groups is 1. The van der Waals surface area contributed by atoms with E-state index in [1.165, 1.54) is 25.3 Å². The number of alkyl halides is 1. The van der Waals surface area contributed by atoms with Gasteiger partial charge in [-0.25, -0.2) is 9.18 Å². The lowest BCUT2D eigenvalue weighted by atomic mass is 10.1. The largest absolute Gasteiger partial charge is 0.465 e. The highest BCUT2D eigenvalue weighted by Gasteiger charge is 2.11. The summed E-state index contributed by atoms with van der Waals surface area (Å²) in [6, 6.07) is 4.38. The Morgan fingerprint density at radius 3 is 2.85 bits per heavy atom. The molecule has 0 spiro atoms. The van der Waals surface area contributed by atoms with Crippen molar-refractivity contribution in [1.29, 1.82) is 0 Å². The molecule has 0 saturated carbocycles. The molecule has 13 heavy (non-hydrogen) atoms. The number of benzene rings is 1. The van der Waals surface area contributed by atoms with E-state index in [1.54, 1.807) is 0 Å². The average molecular weight is 203 g/mol. The lowest BCUT2D eigenvalue weighted by Gasteiger charge is -2.04. The van der Waals surface area contributed by atoms with Crippen LogP contribution in [0.15, 0.2) is 18.2 Å². The molecule has 0 amide bonds. The van der Waals surface area contributed by atoms with Crippen molar-refractivity contribution in [2.45, 2.75) is 6.67 Å². The van der Waals surface area contributed by atoms with Crippen molar-refractivity contribution in [1.82, 2.24) is 0 Å². The van der Waals surface area contributed by atoms with Crippen molar-refractivity contribution >= 4 is 17.6 Å². The zero-order chi connectivity index (χ0) is 9.84. The third-order valence-corrected chi connectivity index (χ3v) is 1.85. The van der Waals surface area contributed by atoms with Crippen LogP contribution in [0.5, 0.6) is 0 Å². The van der Waals surface area contributed by atoms with E-state index in [1.807, 2.05) is 0 Å². The normalized spacial score (nSPS) is 9.77. The maximum absolute atomic E-state index is 12.4. The molecule has 0 unspecified atom stereocenters. The fraction of sp³-hybridized carbons (Fsp3) is 0.222. The molecule has 0 aliphatic carbocycles. The molecule has 0 aliphatic rings. The van der Waals surface area contributed by atoms with Crippen LogP contribution in [0.4, 0.5) is 4.39 Å². The molecular weight excluding hydrogens is 195 g/mol. The van der Waals surface area contributed by atoms with Crippen molar-refractivity contribution in [3.63, 3.8) is 0 Å². The van der Waals surface area contributed by atoms with Gasteiger partial charge in [-0.15, -0.1) is 0 Å². The van der Waals surface area contributed by atoms with Crippen LogP contribution < -0.4 is 0 Å². The van der Waals surface area contributed by atoms with Crippen molar-refractivity contribution in [3.05, 3.63) is 34.3 Å². The van der Waals surface area contributed by atoms with E-state index in [9.17, 15) is 9.18 Å². The number of carbonyl (C=O) groups excluding carboxylic acids is 1. The van der Waals surface area contributed by atoms with Crippen LogP contribution in [0.2, 0.25) is 5.02 Å². The Morgan fingerprint density at radius 2 is 2.31 bits per heavy atom. The summed E-state index contributed by atoms with van der Waals surface area (Å²) in [5.41, 5.74) is 0.466. The third-order valence-electron chi connectivity index (χ3n) is 1.62. The predicted molar refractivity (Wildman–Crippen MR) is 47.6 cm³/mol. The van der Waals surface area contributed by atoms with Crippen LogP contribution in [-0.2, 0) is 11.4 Å². The molecule has 0 N–H and O–H groups in total. The number of ether oxygens (including phenoxy) is 1. The molecule has 4 heteroatoms. The van der Waals surface area contributed by atoms with Crippen molar-refractivity contribution in [3.8, 4) is 0 Å². The Labute approximate surface area is 80.3 Å². The van der Waals surface area contributed by atoms with Gasteiger partial charge < -0.3 is 4.74 Å². The molecule has 0 radical (unpaired) electrons. The molecule has 0 aromatic heterocycles. The minimum Gasteiger partial charge on any atom is -0.465 e. The summed E-state index contributed by atoms with van der Waals surface area (Å²) < 4.78 is 16.9. The lowest BCUT2D eigenvalue weighted by Crippen LogP contribution is -2.04. The van der Waals surface area contributed by atoms with Crippen LogP contribution in [0.1, 0.15) is 15.9 Å². The van der Waals surface area contributed by atoms with E-state index in [0.717, 1.165) is 0 Å². The highest BCUT2D eigenvalue weighted by atomic mass is 35.5. The van der Waals surface area contributed by atoms with Gasteiger partial charge in [0.25, 0.3) is 0 Å². The summed E-state index contributed by atoms with van der Waals surface area (Å²) in [4.78, 5) is 11.1. The first kappa shape index (κ1) is 9.99. The molecule has 1 aromatic rings. The molecule has 1 aromatic carbocycles. The van der Waals surface area contributed by atoms with Gasteiger partial charge in [0.05, 0.1) is 12.7 Å². The Balaban J connectivity index is 3.13. The van der Waals surface area contributed by atoms with E-state index in [2.05, 4.69) is 4.74 Å². The van der Waals surface area contributed by atoms with Gasteiger partial charge in [-0.1, -0.05) is 11.6 Å². The number of halogens is 2. The molecule has 70 valence electrons. The first-order chi connectivity index (χ1) is 6.19. The quantitative estimate of drug-likeness (QED) is 0.689. The van der Waals surface area contributed by atoms with Gasteiger partial charge in [0.15, 0.2) is 0 Å². The number of methoxy groups -OCH3 is 1. The van der Waals surface area contributed by atoms with Crippen molar-refractivity contribution in [2.24, 2.45) is 0 Å². The second kappa shape index (κ2) is 4.23. The summed E-state index contributed by atoms with van der Waals surface area (Å²) in [7, 11) is 1.25. The highest BCUT2D eigenvalue weighted by Crippen LogP contribution is 2.17. The van der Waals surface area contributed by atoms with Gasteiger partial charge in [0.2, 0.25) is 0 Å². The van der Waals surface area contributed by atoms with E-state index in [4.69, 9.17) is 11.6 Å². The topological polar surface area (TPSA) is 26.3 Å². The molecule has 0 atom stereocenters. The Morgan fingerprint density at radius 1 is 1.62 bits per heavy atom.